The first-order chi connectivity index (χ1) is 14.9. The molecule has 3 rings (SSSR count). The smallest absolute Gasteiger partial charge is 0.252 e. The molecular weight excluding hydrogens is 435 g/mol. The van der Waals surface area contributed by atoms with Gasteiger partial charge in [-0.3, -0.25) is 9.59 Å². The zero-order valence-electron chi connectivity index (χ0n) is 17.1. The number of carbonyl (C=O) groups excluding carboxylic acids is 2. The van der Waals surface area contributed by atoms with Crippen LogP contribution in [0.2, 0.25) is 10.0 Å². The first-order valence-electron chi connectivity index (χ1n) is 9.66. The zero-order chi connectivity index (χ0) is 22.4. The fourth-order valence-corrected chi connectivity index (χ4v) is 3.37. The van der Waals surface area contributed by atoms with E-state index in [1.165, 1.54) is 13.2 Å². The predicted molar refractivity (Wildman–Crippen MR) is 126 cm³/mol. The Balaban J connectivity index is 1.81. The molecule has 0 saturated heterocycles. The van der Waals surface area contributed by atoms with Gasteiger partial charge in [0.15, 0.2) is 5.82 Å². The van der Waals surface area contributed by atoms with Gasteiger partial charge in [0, 0.05) is 35.4 Å². The number of para-hydroxylation sites is 1. The number of carbonyl (C=O) groups is 2. The van der Waals surface area contributed by atoms with E-state index < -0.39 is 0 Å². The summed E-state index contributed by atoms with van der Waals surface area (Å²) in [6.45, 7) is 1.97. The molecule has 8 heteroatoms. The van der Waals surface area contributed by atoms with E-state index >= 15 is 0 Å². The van der Waals surface area contributed by atoms with Crippen molar-refractivity contribution in [2.75, 3.05) is 17.7 Å². The number of nitrogens with one attached hydrogen (secondary N) is 3. The van der Waals surface area contributed by atoms with Crippen LogP contribution in [-0.2, 0) is 11.2 Å². The molecule has 0 radical (unpaired) electrons. The van der Waals surface area contributed by atoms with E-state index in [2.05, 4.69) is 20.9 Å². The highest BCUT2D eigenvalue weighted by Gasteiger charge is 2.14. The Kier molecular flexibility index (Phi) is 7.50. The highest BCUT2D eigenvalue weighted by Crippen LogP contribution is 2.27. The van der Waals surface area contributed by atoms with Crippen LogP contribution < -0.4 is 16.0 Å². The Hall–Kier alpha value is -3.09. The summed E-state index contributed by atoms with van der Waals surface area (Å²) in [5.74, 6) is -0.0908. The Morgan fingerprint density at radius 1 is 1.03 bits per heavy atom. The van der Waals surface area contributed by atoms with Gasteiger partial charge in [0.2, 0.25) is 5.91 Å². The number of rotatable bonds is 7. The van der Waals surface area contributed by atoms with E-state index in [-0.39, 0.29) is 18.2 Å². The van der Waals surface area contributed by atoms with Gasteiger partial charge in [-0.05, 0) is 54.8 Å². The van der Waals surface area contributed by atoms with Crippen LogP contribution in [-0.4, -0.2) is 23.8 Å². The van der Waals surface area contributed by atoms with Crippen LogP contribution in [0, 0.1) is 6.92 Å². The molecule has 1 heterocycles. The van der Waals surface area contributed by atoms with Crippen molar-refractivity contribution in [3.05, 3.63) is 81.5 Å². The first kappa shape index (κ1) is 22.6. The summed E-state index contributed by atoms with van der Waals surface area (Å²) in [5.41, 5.74) is 3.41. The molecule has 0 atom stereocenters. The van der Waals surface area contributed by atoms with Crippen LogP contribution in [0.5, 0.6) is 0 Å². The van der Waals surface area contributed by atoms with Gasteiger partial charge < -0.3 is 16.0 Å². The predicted octanol–water partition coefficient (Wildman–Crippen LogP) is 5.37. The van der Waals surface area contributed by atoms with Crippen molar-refractivity contribution in [3.63, 3.8) is 0 Å². The molecule has 0 bridgehead atoms. The largest absolute Gasteiger partial charge is 0.355 e. The molecular formula is C23H22Cl2N4O2. The number of pyridine rings is 1. The number of hydrogen-bond donors (Lipinski definition) is 3. The number of amides is 2. The van der Waals surface area contributed by atoms with E-state index in [9.17, 15) is 9.59 Å². The summed E-state index contributed by atoms with van der Waals surface area (Å²) in [7, 11) is 1.54. The number of anilines is 3. The average Bonchev–Trinajstić information content (AvgIpc) is 2.76. The lowest BCUT2D eigenvalue weighted by Gasteiger charge is -2.15. The van der Waals surface area contributed by atoms with Crippen molar-refractivity contribution in [1.29, 1.82) is 0 Å². The minimum absolute atomic E-state index is 0.189. The number of aryl methyl sites for hydroxylation is 2. The molecule has 0 fully saturated rings. The Morgan fingerprint density at radius 2 is 1.81 bits per heavy atom. The van der Waals surface area contributed by atoms with Crippen LogP contribution in [0.4, 0.5) is 17.2 Å². The number of nitrogens with zero attached hydrogens (tertiary/aromatic N) is 1. The number of halogens is 2. The Labute approximate surface area is 191 Å². The van der Waals surface area contributed by atoms with E-state index in [1.807, 2.05) is 31.2 Å². The third kappa shape index (κ3) is 5.96. The molecule has 0 unspecified atom stereocenters. The lowest BCUT2D eigenvalue weighted by Crippen LogP contribution is -2.20. The molecule has 31 heavy (non-hydrogen) atoms. The van der Waals surface area contributed by atoms with Gasteiger partial charge in [-0.1, -0.05) is 41.4 Å². The summed E-state index contributed by atoms with van der Waals surface area (Å²) in [6.07, 6.45) is 2.07. The van der Waals surface area contributed by atoms with Gasteiger partial charge in [-0.15, -0.1) is 0 Å². The Morgan fingerprint density at radius 3 is 2.55 bits per heavy atom. The number of hydrogen-bond acceptors (Lipinski definition) is 4. The van der Waals surface area contributed by atoms with Crippen LogP contribution >= 0.6 is 23.2 Å². The molecule has 0 aliphatic carbocycles. The van der Waals surface area contributed by atoms with Crippen molar-refractivity contribution < 1.29 is 9.59 Å². The number of benzene rings is 2. The second-order valence-corrected chi connectivity index (χ2v) is 7.77. The van der Waals surface area contributed by atoms with Gasteiger partial charge in [0.05, 0.1) is 11.3 Å². The maximum absolute atomic E-state index is 12.7. The normalized spacial score (nSPS) is 10.5. The molecule has 2 aromatic carbocycles. The van der Waals surface area contributed by atoms with Crippen molar-refractivity contribution in [2.45, 2.75) is 19.8 Å². The summed E-state index contributed by atoms with van der Waals surface area (Å²) < 4.78 is 0. The van der Waals surface area contributed by atoms with Gasteiger partial charge in [0.1, 0.15) is 0 Å². The lowest BCUT2D eigenvalue weighted by atomic mass is 10.1. The molecule has 0 saturated carbocycles. The van der Waals surface area contributed by atoms with Crippen LogP contribution in [0.1, 0.15) is 27.9 Å². The standard InChI is InChI=1S/C23H22Cl2N4O2/c1-14-5-3-4-6-19(14)29-22-20(12-16(13-27-22)23(31)26-2)28-21(30)10-7-15-11-17(24)8-9-18(15)25/h3-6,8-9,11-13H,7,10H2,1-2H3,(H,26,31)(H,27,29)(H,28,30). The lowest BCUT2D eigenvalue weighted by molar-refractivity contribution is -0.116. The maximum atomic E-state index is 12.7. The van der Waals surface area contributed by atoms with Crippen LogP contribution in [0.25, 0.3) is 0 Å². The van der Waals surface area contributed by atoms with Crippen molar-refractivity contribution in [1.82, 2.24) is 10.3 Å². The van der Waals surface area contributed by atoms with Gasteiger partial charge in [0.25, 0.3) is 5.91 Å². The molecule has 0 aliphatic rings. The molecule has 3 N–H and O–H groups in total. The van der Waals surface area contributed by atoms with Gasteiger partial charge in [-0.2, -0.15) is 0 Å². The summed E-state index contributed by atoms with van der Waals surface area (Å²) >= 11 is 12.2. The van der Waals surface area contributed by atoms with Crippen molar-refractivity contribution in [2.24, 2.45) is 0 Å². The van der Waals surface area contributed by atoms with Gasteiger partial charge in [-0.25, -0.2) is 4.98 Å². The monoisotopic (exact) mass is 456 g/mol. The minimum atomic E-state index is -0.295. The summed E-state index contributed by atoms with van der Waals surface area (Å²) in [5, 5.41) is 9.76. The average molecular weight is 457 g/mol. The Bertz CT molecular complexity index is 1120. The summed E-state index contributed by atoms with van der Waals surface area (Å²) in [4.78, 5) is 29.1. The third-order valence-electron chi connectivity index (χ3n) is 4.68. The third-order valence-corrected chi connectivity index (χ3v) is 5.28. The van der Waals surface area contributed by atoms with Crippen molar-refractivity contribution >= 4 is 52.2 Å². The highest BCUT2D eigenvalue weighted by molar-refractivity contribution is 6.33. The highest BCUT2D eigenvalue weighted by atomic mass is 35.5. The van der Waals surface area contributed by atoms with E-state index in [0.717, 1.165) is 16.8 Å². The van der Waals surface area contributed by atoms with E-state index in [4.69, 9.17) is 23.2 Å². The van der Waals surface area contributed by atoms with E-state index in [1.54, 1.807) is 24.3 Å². The van der Waals surface area contributed by atoms with Crippen LogP contribution in [0.15, 0.2) is 54.7 Å². The van der Waals surface area contributed by atoms with E-state index in [0.29, 0.717) is 33.5 Å². The SMILES string of the molecule is CNC(=O)c1cnc(Nc2ccccc2C)c(NC(=O)CCc2cc(Cl)ccc2Cl)c1. The molecule has 0 aliphatic heterocycles. The topological polar surface area (TPSA) is 83.1 Å². The molecule has 0 spiro atoms. The van der Waals surface area contributed by atoms with Crippen molar-refractivity contribution in [3.8, 4) is 0 Å². The second kappa shape index (κ2) is 10.3. The molecule has 2 amide bonds. The maximum Gasteiger partial charge on any atom is 0.252 e. The van der Waals surface area contributed by atoms with Crippen LogP contribution in [0.3, 0.4) is 0 Å². The molecule has 1 aromatic heterocycles. The second-order valence-electron chi connectivity index (χ2n) is 6.92. The first-order valence-corrected chi connectivity index (χ1v) is 10.4. The fourth-order valence-electron chi connectivity index (χ4n) is 2.96. The molecule has 6 nitrogen and oxygen atoms in total. The minimum Gasteiger partial charge on any atom is -0.355 e. The summed E-state index contributed by atoms with van der Waals surface area (Å²) in [6, 6.07) is 14.5. The fraction of sp³-hybridized carbons (Fsp3) is 0.174. The quantitative estimate of drug-likeness (QED) is 0.446. The number of aromatic nitrogens is 1. The van der Waals surface area contributed by atoms with Gasteiger partial charge >= 0.3 is 0 Å². The molecule has 3 aromatic rings. The molecule has 160 valence electrons. The zero-order valence-corrected chi connectivity index (χ0v) is 18.6.